The predicted octanol–water partition coefficient (Wildman–Crippen LogP) is 8.49. The molecule has 0 aliphatic carbocycles. The molecule has 0 aliphatic rings. The Bertz CT molecular complexity index is 1220. The lowest BCUT2D eigenvalue weighted by Gasteiger charge is -2.10. The van der Waals surface area contributed by atoms with Crippen LogP contribution in [0.3, 0.4) is 0 Å². The van der Waals surface area contributed by atoms with Crippen molar-refractivity contribution in [3.05, 3.63) is 108 Å². The highest BCUT2D eigenvalue weighted by Crippen LogP contribution is 2.26. The van der Waals surface area contributed by atoms with E-state index in [0.717, 1.165) is 58.1 Å². The first-order valence-corrected chi connectivity index (χ1v) is 12.6. The number of rotatable bonds is 8. The number of benzene rings is 4. The van der Waals surface area contributed by atoms with E-state index in [0.29, 0.717) is 11.8 Å². The highest BCUT2D eigenvalue weighted by Gasteiger charge is 2.03. The normalized spacial score (nSPS) is 10.7. The summed E-state index contributed by atoms with van der Waals surface area (Å²) in [5.74, 6) is 9.39. The molecule has 0 N–H and O–H groups in total. The van der Waals surface area contributed by atoms with Crippen LogP contribution in [0.5, 0.6) is 11.5 Å². The van der Waals surface area contributed by atoms with Gasteiger partial charge in [-0.1, -0.05) is 88.1 Å². The Kier molecular flexibility index (Phi) is 8.48. The number of hydrogen-bond acceptors (Lipinski definition) is 2. The van der Waals surface area contributed by atoms with Crippen molar-refractivity contribution < 1.29 is 9.47 Å². The van der Waals surface area contributed by atoms with Gasteiger partial charge in [0.25, 0.3) is 0 Å². The molecule has 0 spiro atoms. The summed E-state index contributed by atoms with van der Waals surface area (Å²) in [5.41, 5.74) is 6.57. The Labute approximate surface area is 215 Å². The molecule has 0 unspecified atom stereocenters. The minimum Gasteiger partial charge on any atom is -0.493 e. The van der Waals surface area contributed by atoms with Gasteiger partial charge in [0.1, 0.15) is 11.5 Å². The van der Waals surface area contributed by atoms with Crippen LogP contribution in [0.1, 0.15) is 38.8 Å². The number of hydrogen-bond donors (Lipinski definition) is 0. The van der Waals surface area contributed by atoms with Crippen LogP contribution in [0.15, 0.2) is 97.1 Å². The van der Waals surface area contributed by atoms with Crippen LogP contribution in [-0.4, -0.2) is 13.2 Å². The maximum atomic E-state index is 5.87. The first-order chi connectivity index (χ1) is 17.5. The molecule has 0 fully saturated rings. The summed E-state index contributed by atoms with van der Waals surface area (Å²) in [5, 5.41) is 0. The third-order valence-corrected chi connectivity index (χ3v) is 5.62. The molecule has 0 bridgehead atoms. The van der Waals surface area contributed by atoms with Gasteiger partial charge in [0, 0.05) is 11.1 Å². The third kappa shape index (κ3) is 7.27. The zero-order valence-electron chi connectivity index (χ0n) is 21.6. The lowest BCUT2D eigenvalue weighted by Crippen LogP contribution is -2.04. The second-order valence-corrected chi connectivity index (χ2v) is 9.87. The van der Waals surface area contributed by atoms with Crippen molar-refractivity contribution in [3.63, 3.8) is 0 Å². The lowest BCUT2D eigenvalue weighted by atomic mass is 10.0. The minimum atomic E-state index is 0.503. The molecule has 0 aliphatic heterocycles. The highest BCUT2D eigenvalue weighted by molar-refractivity contribution is 5.67. The van der Waals surface area contributed by atoms with Crippen LogP contribution in [0.25, 0.3) is 22.3 Å². The standard InChI is InChI=1S/C34H34O2/c1-25(2)23-35-33-9-5-7-31(21-33)29-17-13-27(14-18-29)11-12-28-15-19-30(20-16-28)32-8-6-10-34(22-32)36-24-26(3)4/h5-10,13-22,25-26H,23-24H2,1-4H3. The van der Waals surface area contributed by atoms with E-state index in [-0.39, 0.29) is 0 Å². The Balaban J connectivity index is 1.42. The summed E-state index contributed by atoms with van der Waals surface area (Å²) in [4.78, 5) is 0. The van der Waals surface area contributed by atoms with Gasteiger partial charge < -0.3 is 9.47 Å². The molecule has 0 amide bonds. The van der Waals surface area contributed by atoms with E-state index in [9.17, 15) is 0 Å². The smallest absolute Gasteiger partial charge is 0.119 e. The Morgan fingerprint density at radius 3 is 1.25 bits per heavy atom. The SMILES string of the molecule is CC(C)COc1cccc(-c2ccc(C#Cc3ccc(-c4cccc(OCC(C)C)c4)cc3)cc2)c1. The van der Waals surface area contributed by atoms with Crippen molar-refractivity contribution in [3.8, 4) is 45.6 Å². The molecule has 0 saturated carbocycles. The molecule has 182 valence electrons. The highest BCUT2D eigenvalue weighted by atomic mass is 16.5. The molecule has 4 aromatic rings. The fourth-order valence-corrected chi connectivity index (χ4v) is 3.69. The molecule has 36 heavy (non-hydrogen) atoms. The van der Waals surface area contributed by atoms with Crippen molar-refractivity contribution in [1.82, 2.24) is 0 Å². The molecule has 4 rings (SSSR count). The van der Waals surface area contributed by atoms with Gasteiger partial charge in [-0.25, -0.2) is 0 Å². The van der Waals surface area contributed by atoms with Crippen LogP contribution in [0, 0.1) is 23.7 Å². The second kappa shape index (κ2) is 12.1. The van der Waals surface area contributed by atoms with Crippen LogP contribution in [-0.2, 0) is 0 Å². The van der Waals surface area contributed by atoms with E-state index in [1.54, 1.807) is 0 Å². The lowest BCUT2D eigenvalue weighted by molar-refractivity contribution is 0.271. The molecule has 0 aromatic heterocycles. The molecule has 2 nitrogen and oxygen atoms in total. The first-order valence-electron chi connectivity index (χ1n) is 12.6. The maximum absolute atomic E-state index is 5.87. The van der Waals surface area contributed by atoms with Crippen LogP contribution < -0.4 is 9.47 Å². The Morgan fingerprint density at radius 1 is 0.500 bits per heavy atom. The van der Waals surface area contributed by atoms with Crippen LogP contribution in [0.4, 0.5) is 0 Å². The monoisotopic (exact) mass is 474 g/mol. The van der Waals surface area contributed by atoms with Crippen LogP contribution in [0.2, 0.25) is 0 Å². The van der Waals surface area contributed by atoms with Crippen molar-refractivity contribution in [1.29, 1.82) is 0 Å². The molecule has 0 saturated heterocycles. The summed E-state index contributed by atoms with van der Waals surface area (Å²) in [7, 11) is 0. The van der Waals surface area contributed by atoms with Crippen molar-refractivity contribution in [2.24, 2.45) is 11.8 Å². The summed E-state index contributed by atoms with van der Waals surface area (Å²) in [6, 6.07) is 33.2. The Hall–Kier alpha value is -3.96. The summed E-state index contributed by atoms with van der Waals surface area (Å²) >= 11 is 0. The minimum absolute atomic E-state index is 0.503. The zero-order valence-corrected chi connectivity index (χ0v) is 21.6. The summed E-state index contributed by atoms with van der Waals surface area (Å²) in [6.07, 6.45) is 0. The first kappa shape index (κ1) is 25.1. The molecular formula is C34H34O2. The van der Waals surface area contributed by atoms with Gasteiger partial charge in [-0.3, -0.25) is 0 Å². The molecule has 4 aromatic carbocycles. The van der Waals surface area contributed by atoms with E-state index >= 15 is 0 Å². The Morgan fingerprint density at radius 2 is 0.889 bits per heavy atom. The van der Waals surface area contributed by atoms with Crippen molar-refractivity contribution in [2.45, 2.75) is 27.7 Å². The van der Waals surface area contributed by atoms with Gasteiger partial charge in [-0.15, -0.1) is 0 Å². The third-order valence-electron chi connectivity index (χ3n) is 5.62. The fourth-order valence-electron chi connectivity index (χ4n) is 3.69. The van der Waals surface area contributed by atoms with Gasteiger partial charge >= 0.3 is 0 Å². The van der Waals surface area contributed by atoms with Crippen LogP contribution >= 0.6 is 0 Å². The van der Waals surface area contributed by atoms with E-state index in [1.807, 2.05) is 24.3 Å². The zero-order chi connectivity index (χ0) is 25.3. The predicted molar refractivity (Wildman–Crippen MR) is 150 cm³/mol. The molecule has 2 heteroatoms. The van der Waals surface area contributed by atoms with Gasteiger partial charge in [-0.2, -0.15) is 0 Å². The number of ether oxygens (including phenoxy) is 2. The topological polar surface area (TPSA) is 18.5 Å². The van der Waals surface area contributed by atoms with E-state index < -0.39 is 0 Å². The average molecular weight is 475 g/mol. The summed E-state index contributed by atoms with van der Waals surface area (Å²) < 4.78 is 11.7. The van der Waals surface area contributed by atoms with Gasteiger partial charge in [0.2, 0.25) is 0 Å². The average Bonchev–Trinajstić information content (AvgIpc) is 2.90. The van der Waals surface area contributed by atoms with E-state index in [2.05, 4.69) is 112 Å². The van der Waals surface area contributed by atoms with E-state index in [1.165, 1.54) is 0 Å². The van der Waals surface area contributed by atoms with Crippen molar-refractivity contribution in [2.75, 3.05) is 13.2 Å². The summed E-state index contributed by atoms with van der Waals surface area (Å²) in [6.45, 7) is 10.1. The maximum Gasteiger partial charge on any atom is 0.119 e. The molecule has 0 atom stereocenters. The largest absolute Gasteiger partial charge is 0.493 e. The van der Waals surface area contributed by atoms with E-state index in [4.69, 9.17) is 9.47 Å². The second-order valence-electron chi connectivity index (χ2n) is 9.87. The van der Waals surface area contributed by atoms with Gasteiger partial charge in [-0.05, 0) is 82.6 Å². The van der Waals surface area contributed by atoms with Crippen molar-refractivity contribution >= 4 is 0 Å². The quantitative estimate of drug-likeness (QED) is 0.238. The van der Waals surface area contributed by atoms with Gasteiger partial charge in [0.05, 0.1) is 13.2 Å². The fraction of sp³-hybridized carbons (Fsp3) is 0.235. The molecular weight excluding hydrogens is 440 g/mol. The molecule has 0 radical (unpaired) electrons. The molecule has 0 heterocycles. The van der Waals surface area contributed by atoms with Gasteiger partial charge in [0.15, 0.2) is 0 Å².